The fourth-order valence-electron chi connectivity index (χ4n) is 1.26. The first-order valence-corrected chi connectivity index (χ1v) is 4.73. The van der Waals surface area contributed by atoms with Crippen molar-refractivity contribution in [3.63, 3.8) is 0 Å². The molecule has 0 aliphatic heterocycles. The first kappa shape index (κ1) is 10.8. The smallest absolute Gasteiger partial charge is 0.157 e. The van der Waals surface area contributed by atoms with Crippen molar-refractivity contribution in [1.29, 1.82) is 5.26 Å². The molecule has 0 amide bonds. The van der Waals surface area contributed by atoms with Crippen LogP contribution in [0.2, 0.25) is 0 Å². The molecule has 0 bridgehead atoms. The lowest BCUT2D eigenvalue weighted by atomic mass is 10.2. The Kier molecular flexibility index (Phi) is 2.83. The van der Waals surface area contributed by atoms with Gasteiger partial charge < -0.3 is 11.1 Å². The van der Waals surface area contributed by atoms with Gasteiger partial charge >= 0.3 is 0 Å². The largest absolute Gasteiger partial charge is 0.394 e. The molecule has 0 aliphatic rings. The summed E-state index contributed by atoms with van der Waals surface area (Å²) < 4.78 is 13.6. The normalized spacial score (nSPS) is 9.65. The number of nitrogens with one attached hydrogen (secondary N) is 1. The van der Waals surface area contributed by atoms with Crippen molar-refractivity contribution >= 4 is 17.2 Å². The molecule has 1 aromatic heterocycles. The van der Waals surface area contributed by atoms with Crippen molar-refractivity contribution in [1.82, 2.24) is 9.97 Å². The van der Waals surface area contributed by atoms with Gasteiger partial charge in [0, 0.05) is 0 Å². The van der Waals surface area contributed by atoms with Crippen molar-refractivity contribution in [2.45, 2.75) is 0 Å². The minimum absolute atomic E-state index is 0.203. The number of nitrogens with two attached hydrogens (primary N) is 1. The maximum Gasteiger partial charge on any atom is 0.157 e. The van der Waals surface area contributed by atoms with Gasteiger partial charge in [-0.3, -0.25) is 0 Å². The number of benzene rings is 1. The Balaban J connectivity index is 2.32. The van der Waals surface area contributed by atoms with E-state index in [0.717, 1.165) is 6.07 Å². The van der Waals surface area contributed by atoms with Crippen LogP contribution in [0, 0.1) is 17.1 Å². The SMILES string of the molecule is N#Cc1ccc(Nc2ncncc2N)c(F)c1. The van der Waals surface area contributed by atoms with Crippen molar-refractivity contribution in [2.75, 3.05) is 11.1 Å². The van der Waals surface area contributed by atoms with E-state index in [1.807, 2.05) is 6.07 Å². The summed E-state index contributed by atoms with van der Waals surface area (Å²) in [6, 6.07) is 5.95. The third-order valence-corrected chi connectivity index (χ3v) is 2.09. The van der Waals surface area contributed by atoms with E-state index in [0.29, 0.717) is 11.5 Å². The Morgan fingerprint density at radius 2 is 2.24 bits per heavy atom. The van der Waals surface area contributed by atoms with E-state index in [1.54, 1.807) is 0 Å². The van der Waals surface area contributed by atoms with Crippen molar-refractivity contribution < 1.29 is 4.39 Å². The molecule has 0 saturated heterocycles. The molecule has 0 atom stereocenters. The maximum absolute atomic E-state index is 13.6. The summed E-state index contributed by atoms with van der Waals surface area (Å²) in [5, 5.41) is 11.3. The third kappa shape index (κ3) is 2.29. The molecule has 1 heterocycles. The average molecular weight is 229 g/mol. The quantitative estimate of drug-likeness (QED) is 0.819. The summed E-state index contributed by atoms with van der Waals surface area (Å²) in [4.78, 5) is 7.60. The van der Waals surface area contributed by atoms with E-state index >= 15 is 0 Å². The minimum atomic E-state index is -0.540. The number of nitrogen functional groups attached to an aromatic ring is 1. The molecular weight excluding hydrogens is 221 g/mol. The maximum atomic E-state index is 13.6. The third-order valence-electron chi connectivity index (χ3n) is 2.09. The van der Waals surface area contributed by atoms with Gasteiger partial charge in [0.25, 0.3) is 0 Å². The number of halogens is 1. The van der Waals surface area contributed by atoms with E-state index in [2.05, 4.69) is 15.3 Å². The van der Waals surface area contributed by atoms with Gasteiger partial charge in [0.2, 0.25) is 0 Å². The van der Waals surface area contributed by atoms with Gasteiger partial charge in [-0.25, -0.2) is 14.4 Å². The molecule has 2 aromatic rings. The van der Waals surface area contributed by atoms with Crippen LogP contribution < -0.4 is 11.1 Å². The summed E-state index contributed by atoms with van der Waals surface area (Å²) in [7, 11) is 0. The highest BCUT2D eigenvalue weighted by Crippen LogP contribution is 2.22. The van der Waals surface area contributed by atoms with Crippen molar-refractivity contribution in [3.05, 3.63) is 42.1 Å². The number of nitriles is 1. The Morgan fingerprint density at radius 3 is 2.88 bits per heavy atom. The summed E-state index contributed by atoms with van der Waals surface area (Å²) in [6.45, 7) is 0. The van der Waals surface area contributed by atoms with E-state index in [1.165, 1.54) is 24.7 Å². The highest BCUT2D eigenvalue weighted by molar-refractivity contribution is 5.68. The van der Waals surface area contributed by atoms with Crippen LogP contribution in [0.15, 0.2) is 30.7 Å². The van der Waals surface area contributed by atoms with E-state index in [4.69, 9.17) is 11.0 Å². The first-order valence-electron chi connectivity index (χ1n) is 4.73. The molecule has 1 aromatic carbocycles. The lowest BCUT2D eigenvalue weighted by Gasteiger charge is -2.08. The molecule has 0 fully saturated rings. The Hall–Kier alpha value is -2.68. The average Bonchev–Trinajstić information content (AvgIpc) is 2.34. The summed E-state index contributed by atoms with van der Waals surface area (Å²) in [6.07, 6.45) is 2.72. The van der Waals surface area contributed by atoms with Crippen LogP contribution in [0.5, 0.6) is 0 Å². The van der Waals surface area contributed by atoms with Gasteiger partial charge in [-0.05, 0) is 18.2 Å². The number of aromatic nitrogens is 2. The van der Waals surface area contributed by atoms with Gasteiger partial charge in [0.15, 0.2) is 5.82 Å². The van der Waals surface area contributed by atoms with Gasteiger partial charge in [-0.15, -0.1) is 0 Å². The highest BCUT2D eigenvalue weighted by atomic mass is 19.1. The minimum Gasteiger partial charge on any atom is -0.394 e. The summed E-state index contributed by atoms with van der Waals surface area (Å²) in [5.41, 5.74) is 6.38. The lowest BCUT2D eigenvalue weighted by molar-refractivity contribution is 0.631. The van der Waals surface area contributed by atoms with Crippen LogP contribution in [0.3, 0.4) is 0 Å². The topological polar surface area (TPSA) is 87.6 Å². The van der Waals surface area contributed by atoms with E-state index < -0.39 is 5.82 Å². The Labute approximate surface area is 96.7 Å². The molecule has 2 rings (SSSR count). The second-order valence-corrected chi connectivity index (χ2v) is 3.26. The van der Waals surface area contributed by atoms with E-state index in [-0.39, 0.29) is 11.3 Å². The zero-order valence-electron chi connectivity index (χ0n) is 8.68. The van der Waals surface area contributed by atoms with Crippen molar-refractivity contribution in [3.8, 4) is 6.07 Å². The second-order valence-electron chi connectivity index (χ2n) is 3.26. The highest BCUT2D eigenvalue weighted by Gasteiger charge is 2.06. The molecule has 5 nitrogen and oxygen atoms in total. The summed E-state index contributed by atoms with van der Waals surface area (Å²) >= 11 is 0. The van der Waals surface area contributed by atoms with Crippen LogP contribution >= 0.6 is 0 Å². The predicted octanol–water partition coefficient (Wildman–Crippen LogP) is 1.81. The lowest BCUT2D eigenvalue weighted by Crippen LogP contribution is -2.01. The summed E-state index contributed by atoms with van der Waals surface area (Å²) in [5.74, 6) is -0.217. The molecule has 0 saturated carbocycles. The Morgan fingerprint density at radius 1 is 1.41 bits per heavy atom. The molecule has 0 radical (unpaired) electrons. The van der Waals surface area contributed by atoms with Crippen LogP contribution in [0.25, 0.3) is 0 Å². The second kappa shape index (κ2) is 4.45. The van der Waals surface area contributed by atoms with Crippen LogP contribution in [0.4, 0.5) is 21.6 Å². The Bertz CT molecular complexity index is 591. The zero-order chi connectivity index (χ0) is 12.3. The van der Waals surface area contributed by atoms with Gasteiger partial charge in [-0.2, -0.15) is 5.26 Å². The molecule has 0 aliphatic carbocycles. The number of anilines is 3. The fourth-order valence-corrected chi connectivity index (χ4v) is 1.26. The molecule has 3 N–H and O–H groups in total. The molecule has 17 heavy (non-hydrogen) atoms. The number of hydrogen-bond acceptors (Lipinski definition) is 5. The number of hydrogen-bond donors (Lipinski definition) is 2. The van der Waals surface area contributed by atoms with Crippen LogP contribution in [-0.4, -0.2) is 9.97 Å². The standard InChI is InChI=1S/C11H8FN5/c12-8-3-7(4-13)1-2-10(8)17-11-9(14)5-15-6-16-11/h1-3,5-6H,14H2,(H,15,16,17). The zero-order valence-corrected chi connectivity index (χ0v) is 8.68. The monoisotopic (exact) mass is 229 g/mol. The van der Waals surface area contributed by atoms with Gasteiger partial charge in [0.05, 0.1) is 29.2 Å². The molecular formula is C11H8FN5. The first-order chi connectivity index (χ1) is 8.20. The molecule has 84 valence electrons. The molecule has 0 unspecified atom stereocenters. The predicted molar refractivity (Wildman–Crippen MR) is 60.8 cm³/mol. The molecule has 0 spiro atoms. The molecule has 6 heteroatoms. The van der Waals surface area contributed by atoms with Gasteiger partial charge in [0.1, 0.15) is 12.1 Å². The van der Waals surface area contributed by atoms with Crippen LogP contribution in [-0.2, 0) is 0 Å². The fraction of sp³-hybridized carbons (Fsp3) is 0. The van der Waals surface area contributed by atoms with Crippen molar-refractivity contribution in [2.24, 2.45) is 0 Å². The van der Waals surface area contributed by atoms with Crippen LogP contribution in [0.1, 0.15) is 5.56 Å². The number of nitrogens with zero attached hydrogens (tertiary/aromatic N) is 3. The van der Waals surface area contributed by atoms with E-state index in [9.17, 15) is 4.39 Å². The van der Waals surface area contributed by atoms with Gasteiger partial charge in [-0.1, -0.05) is 0 Å². The number of rotatable bonds is 2.